The summed E-state index contributed by atoms with van der Waals surface area (Å²) in [5.41, 5.74) is 5.03. The number of halogens is 2. The first kappa shape index (κ1) is 26.1. The maximum absolute atomic E-state index is 10.7. The smallest absolute Gasteiger partial charge is 0.153 e. The number of aliphatic hydroxyl groups excluding tert-OH is 1. The molecule has 2 heterocycles. The van der Waals surface area contributed by atoms with Crippen LogP contribution in [0, 0.1) is 19.8 Å². The average Bonchev–Trinajstić information content (AvgIpc) is 3.47. The van der Waals surface area contributed by atoms with E-state index in [1.54, 1.807) is 29.9 Å². The first-order chi connectivity index (χ1) is 17.4. The van der Waals surface area contributed by atoms with Crippen LogP contribution >= 0.6 is 23.2 Å². The molecule has 0 amide bonds. The highest BCUT2D eigenvalue weighted by atomic mass is 35.5. The molecule has 1 fully saturated rings. The molecule has 2 aromatic carbocycles. The fourth-order valence-electron chi connectivity index (χ4n) is 4.51. The zero-order valence-corrected chi connectivity index (χ0v) is 22.0. The molecule has 0 saturated heterocycles. The Bertz CT molecular complexity index is 1290. The number of nitrogens with zero attached hydrogens (tertiary/aromatic N) is 4. The van der Waals surface area contributed by atoms with Crippen molar-refractivity contribution in [2.45, 2.75) is 52.1 Å². The molecule has 6 nitrogen and oxygen atoms in total. The van der Waals surface area contributed by atoms with Crippen LogP contribution in [-0.2, 0) is 0 Å². The Balaban J connectivity index is 0.000000179. The predicted molar refractivity (Wildman–Crippen MR) is 144 cm³/mol. The number of hydrogen-bond donors (Lipinski definition) is 1. The van der Waals surface area contributed by atoms with Crippen molar-refractivity contribution in [3.63, 3.8) is 0 Å². The van der Waals surface area contributed by atoms with Gasteiger partial charge in [-0.25, -0.2) is 9.36 Å². The number of aromatic nitrogens is 4. The second-order valence-electron chi connectivity index (χ2n) is 9.14. The van der Waals surface area contributed by atoms with Crippen LogP contribution in [0.25, 0.3) is 11.4 Å². The van der Waals surface area contributed by atoms with Crippen LogP contribution in [0.2, 0.25) is 10.0 Å². The van der Waals surface area contributed by atoms with Crippen LogP contribution in [0.15, 0.2) is 60.9 Å². The molecular weight excluding hydrogens is 495 g/mol. The third kappa shape index (κ3) is 6.25. The van der Waals surface area contributed by atoms with Gasteiger partial charge in [-0.1, -0.05) is 42.5 Å². The molecule has 1 N–H and O–H groups in total. The molecule has 36 heavy (non-hydrogen) atoms. The highest BCUT2D eigenvalue weighted by Gasteiger charge is 2.26. The molecule has 2 aromatic heterocycles. The van der Waals surface area contributed by atoms with Gasteiger partial charge in [-0.05, 0) is 81.1 Å². The van der Waals surface area contributed by atoms with Crippen LogP contribution in [0.5, 0.6) is 0 Å². The van der Waals surface area contributed by atoms with E-state index in [9.17, 15) is 9.90 Å². The largest absolute Gasteiger partial charge is 0.388 e. The highest BCUT2D eigenvalue weighted by Crippen LogP contribution is 2.35. The van der Waals surface area contributed by atoms with Crippen molar-refractivity contribution in [2.75, 3.05) is 0 Å². The normalized spacial score (nSPS) is 14.7. The molecule has 0 aliphatic heterocycles. The molecule has 0 radical (unpaired) electrons. The van der Waals surface area contributed by atoms with Gasteiger partial charge in [0.05, 0.1) is 34.4 Å². The standard InChI is InChI=1S/C17H21ClN2O.C11H9ClN2O/c1-12-16(17(21)13-5-3-2-4-6-13)11-20(19-12)15-9-7-14(18)8-10-15;1-8-9(7-15)6-14(13-8)11-4-2-10(12)3-5-11/h7-11,13,17,21H,2-6H2,1H3;2-7H,1H3. The lowest BCUT2D eigenvalue weighted by Gasteiger charge is -2.26. The fraction of sp³-hybridized carbons (Fsp3) is 0.321. The Labute approximate surface area is 221 Å². The highest BCUT2D eigenvalue weighted by molar-refractivity contribution is 6.30. The van der Waals surface area contributed by atoms with Crippen LogP contribution < -0.4 is 0 Å². The third-order valence-electron chi connectivity index (χ3n) is 6.60. The Kier molecular flexibility index (Phi) is 8.62. The van der Waals surface area contributed by atoms with Gasteiger partial charge in [0, 0.05) is 28.0 Å². The van der Waals surface area contributed by atoms with Gasteiger partial charge >= 0.3 is 0 Å². The molecular formula is C28H30Cl2N4O2. The van der Waals surface area contributed by atoms with Gasteiger partial charge in [-0.2, -0.15) is 10.2 Å². The van der Waals surface area contributed by atoms with Crippen molar-refractivity contribution in [3.8, 4) is 11.4 Å². The molecule has 1 aliphatic carbocycles. The maximum Gasteiger partial charge on any atom is 0.153 e. The minimum Gasteiger partial charge on any atom is -0.388 e. The zero-order chi connectivity index (χ0) is 25.7. The minimum atomic E-state index is -0.397. The van der Waals surface area contributed by atoms with Crippen molar-refractivity contribution in [1.29, 1.82) is 0 Å². The third-order valence-corrected chi connectivity index (χ3v) is 7.10. The zero-order valence-electron chi connectivity index (χ0n) is 20.4. The first-order valence-corrected chi connectivity index (χ1v) is 12.9. The number of rotatable bonds is 5. The van der Waals surface area contributed by atoms with E-state index in [0.717, 1.165) is 47.5 Å². The minimum absolute atomic E-state index is 0.375. The summed E-state index contributed by atoms with van der Waals surface area (Å²) in [4.78, 5) is 10.7. The van der Waals surface area contributed by atoms with E-state index in [-0.39, 0.29) is 0 Å². The Morgan fingerprint density at radius 3 is 1.83 bits per heavy atom. The van der Waals surface area contributed by atoms with E-state index in [2.05, 4.69) is 10.2 Å². The van der Waals surface area contributed by atoms with Crippen LogP contribution in [0.4, 0.5) is 0 Å². The summed E-state index contributed by atoms with van der Waals surface area (Å²) in [5, 5.41) is 20.8. The van der Waals surface area contributed by atoms with Crippen molar-refractivity contribution in [3.05, 3.63) is 93.5 Å². The molecule has 0 spiro atoms. The summed E-state index contributed by atoms with van der Waals surface area (Å²) in [6.07, 6.45) is 10.0. The van der Waals surface area contributed by atoms with E-state index in [4.69, 9.17) is 23.2 Å². The fourth-order valence-corrected chi connectivity index (χ4v) is 4.76. The number of carbonyl (C=O) groups excluding carboxylic acids is 1. The van der Waals surface area contributed by atoms with E-state index in [1.165, 1.54) is 19.3 Å². The molecule has 1 aliphatic rings. The first-order valence-electron chi connectivity index (χ1n) is 12.1. The van der Waals surface area contributed by atoms with Gasteiger partial charge in [0.2, 0.25) is 0 Å². The average molecular weight is 525 g/mol. The maximum atomic E-state index is 10.7. The number of carbonyl (C=O) groups is 1. The second kappa shape index (κ2) is 11.9. The van der Waals surface area contributed by atoms with E-state index in [0.29, 0.717) is 21.5 Å². The lowest BCUT2D eigenvalue weighted by atomic mass is 9.83. The molecule has 8 heteroatoms. The summed E-state index contributed by atoms with van der Waals surface area (Å²) < 4.78 is 3.49. The molecule has 1 atom stereocenters. The Hall–Kier alpha value is -2.93. The number of hydrogen-bond acceptors (Lipinski definition) is 4. The SMILES string of the molecule is Cc1nn(-c2ccc(Cl)cc2)cc1C(O)C1CCCCC1.Cc1nn(-c2ccc(Cl)cc2)cc1C=O. The van der Waals surface area contributed by atoms with Crippen molar-refractivity contribution < 1.29 is 9.90 Å². The van der Waals surface area contributed by atoms with Crippen LogP contribution in [0.3, 0.4) is 0 Å². The molecule has 5 rings (SSSR count). The van der Waals surface area contributed by atoms with Gasteiger partial charge < -0.3 is 5.11 Å². The van der Waals surface area contributed by atoms with Gasteiger partial charge in [-0.3, -0.25) is 4.79 Å². The van der Waals surface area contributed by atoms with Gasteiger partial charge in [0.15, 0.2) is 6.29 Å². The number of aliphatic hydroxyl groups is 1. The number of aldehydes is 1. The van der Waals surface area contributed by atoms with Crippen LogP contribution in [-0.4, -0.2) is 31.0 Å². The molecule has 0 bridgehead atoms. The topological polar surface area (TPSA) is 72.9 Å². The molecule has 1 unspecified atom stereocenters. The summed E-state index contributed by atoms with van der Waals surface area (Å²) >= 11 is 11.7. The van der Waals surface area contributed by atoms with Crippen molar-refractivity contribution in [2.24, 2.45) is 5.92 Å². The van der Waals surface area contributed by atoms with Gasteiger partial charge in [0.25, 0.3) is 0 Å². The molecule has 1 saturated carbocycles. The molecule has 188 valence electrons. The van der Waals surface area contributed by atoms with Crippen molar-refractivity contribution >= 4 is 29.5 Å². The monoisotopic (exact) mass is 524 g/mol. The second-order valence-corrected chi connectivity index (χ2v) is 10.0. The Morgan fingerprint density at radius 2 is 1.33 bits per heavy atom. The summed E-state index contributed by atoms with van der Waals surface area (Å²) in [6, 6.07) is 14.9. The van der Waals surface area contributed by atoms with Gasteiger partial charge in [-0.15, -0.1) is 0 Å². The summed E-state index contributed by atoms with van der Waals surface area (Å²) in [7, 11) is 0. The summed E-state index contributed by atoms with van der Waals surface area (Å²) in [5.74, 6) is 0.375. The molecule has 4 aromatic rings. The van der Waals surface area contributed by atoms with Crippen molar-refractivity contribution in [1.82, 2.24) is 19.6 Å². The van der Waals surface area contributed by atoms with Gasteiger partial charge in [0.1, 0.15) is 0 Å². The predicted octanol–water partition coefficient (Wildman–Crippen LogP) is 7.09. The van der Waals surface area contributed by atoms with Crippen LogP contribution in [0.1, 0.15) is 65.5 Å². The quantitative estimate of drug-likeness (QED) is 0.282. The lowest BCUT2D eigenvalue weighted by Crippen LogP contribution is -2.16. The van der Waals surface area contributed by atoms with E-state index < -0.39 is 6.10 Å². The lowest BCUT2D eigenvalue weighted by molar-refractivity contribution is 0.0843. The summed E-state index contributed by atoms with van der Waals surface area (Å²) in [6.45, 7) is 3.77. The van der Waals surface area contributed by atoms with E-state index >= 15 is 0 Å². The Morgan fingerprint density at radius 1 is 0.833 bits per heavy atom. The van der Waals surface area contributed by atoms with E-state index in [1.807, 2.05) is 54.2 Å². The number of benzene rings is 2. The number of aryl methyl sites for hydroxylation is 2.